The number of carbonyl (C=O) groups is 1. The normalized spacial score (nSPS) is 9.91. The van der Waals surface area contributed by atoms with Gasteiger partial charge in [0.05, 0.1) is 19.2 Å². The van der Waals surface area contributed by atoms with Gasteiger partial charge < -0.3 is 24.3 Å². The number of aromatic amines is 1. The number of fused-ring (bicyclic) bond motifs is 1. The van der Waals surface area contributed by atoms with Crippen LogP contribution in [0.4, 0.5) is 0 Å². The van der Waals surface area contributed by atoms with Crippen LogP contribution in [0.5, 0.6) is 11.5 Å². The van der Waals surface area contributed by atoms with Crippen molar-refractivity contribution >= 4 is 16.9 Å². The maximum atomic E-state index is 11.7. The summed E-state index contributed by atoms with van der Waals surface area (Å²) in [5.74, 6) is -0.389. The molecule has 0 spiro atoms. The number of carboxylic acid groups (broad SMARTS) is 1. The summed E-state index contributed by atoms with van der Waals surface area (Å²) in [5, 5.41) is 9.50. The molecule has 0 fully saturated rings. The highest BCUT2D eigenvalue weighted by molar-refractivity contribution is 5.93. The molecule has 0 aliphatic rings. The molecular formula is C16H21NO6. The number of carboxylic acids is 1. The van der Waals surface area contributed by atoms with Crippen LogP contribution in [0, 0.1) is 0 Å². The van der Waals surface area contributed by atoms with Crippen molar-refractivity contribution in [2.45, 2.75) is 13.8 Å². The molecule has 0 atom stereocenters. The lowest BCUT2D eigenvalue weighted by molar-refractivity contribution is 0.0695. The van der Waals surface area contributed by atoms with Gasteiger partial charge in [-0.15, -0.1) is 0 Å². The fourth-order valence-electron chi connectivity index (χ4n) is 1.88. The number of aromatic carboxylic acids is 1. The van der Waals surface area contributed by atoms with E-state index in [-0.39, 0.29) is 5.56 Å². The highest BCUT2D eigenvalue weighted by Gasteiger charge is 2.13. The topological polar surface area (TPSA) is 97.9 Å². The van der Waals surface area contributed by atoms with E-state index in [1.54, 1.807) is 19.2 Å². The maximum absolute atomic E-state index is 11.7. The monoisotopic (exact) mass is 323 g/mol. The highest BCUT2D eigenvalue weighted by Crippen LogP contribution is 2.31. The lowest BCUT2D eigenvalue weighted by atomic mass is 10.1. The van der Waals surface area contributed by atoms with Gasteiger partial charge in [-0.3, -0.25) is 4.79 Å². The second-order valence-electron chi connectivity index (χ2n) is 4.25. The highest BCUT2D eigenvalue weighted by atomic mass is 16.5. The molecule has 0 amide bonds. The summed E-state index contributed by atoms with van der Waals surface area (Å²) in [5.41, 5.74) is -0.515. The van der Waals surface area contributed by atoms with E-state index in [1.165, 1.54) is 13.2 Å². The Morgan fingerprint density at radius 1 is 1.13 bits per heavy atom. The Kier molecular flexibility index (Phi) is 7.08. The number of aromatic nitrogens is 1. The summed E-state index contributed by atoms with van der Waals surface area (Å²) in [6.07, 6.45) is 0. The zero-order valence-corrected chi connectivity index (χ0v) is 13.6. The van der Waals surface area contributed by atoms with Crippen molar-refractivity contribution in [2.24, 2.45) is 0 Å². The Balaban J connectivity index is 0.00000127. The van der Waals surface area contributed by atoms with E-state index < -0.39 is 11.5 Å². The minimum absolute atomic E-state index is 0.322. The van der Waals surface area contributed by atoms with Gasteiger partial charge in [-0.1, -0.05) is 13.8 Å². The number of hydrogen-bond donors (Lipinski definition) is 2. The van der Waals surface area contributed by atoms with Crippen LogP contribution in [0.2, 0.25) is 0 Å². The fraction of sp³-hybridized carbons (Fsp3) is 0.375. The van der Waals surface area contributed by atoms with Crippen molar-refractivity contribution in [3.63, 3.8) is 0 Å². The molecule has 1 heterocycles. The molecule has 7 nitrogen and oxygen atoms in total. The average Bonchev–Trinajstić information content (AvgIpc) is 2.55. The van der Waals surface area contributed by atoms with Crippen LogP contribution in [0.15, 0.2) is 23.0 Å². The molecule has 1 aromatic carbocycles. The Hall–Kier alpha value is -2.54. The summed E-state index contributed by atoms with van der Waals surface area (Å²) in [4.78, 5) is 25.2. The number of hydrogen-bond acceptors (Lipinski definition) is 5. The molecule has 23 heavy (non-hydrogen) atoms. The third-order valence-electron chi connectivity index (χ3n) is 2.90. The van der Waals surface area contributed by atoms with E-state index in [9.17, 15) is 9.59 Å². The first kappa shape index (κ1) is 18.5. The van der Waals surface area contributed by atoms with Crippen molar-refractivity contribution < 1.29 is 24.1 Å². The standard InChI is InChI=1S/C14H15NO6.C2H6/c1-19-3-4-21-12-7-10-8(6-11(12)20-2)5-9(14(17)18)13(16)15-10;1-2/h5-7H,3-4H2,1-2H3,(H,15,16)(H,17,18);1-2H3. The van der Waals surface area contributed by atoms with Gasteiger partial charge in [0.25, 0.3) is 5.56 Å². The molecule has 126 valence electrons. The van der Waals surface area contributed by atoms with Gasteiger partial charge in [-0.2, -0.15) is 0 Å². The number of benzene rings is 1. The van der Waals surface area contributed by atoms with Crippen molar-refractivity contribution in [2.75, 3.05) is 27.4 Å². The summed E-state index contributed by atoms with van der Waals surface area (Å²) < 4.78 is 15.6. The van der Waals surface area contributed by atoms with Crippen molar-refractivity contribution in [3.8, 4) is 11.5 Å². The fourth-order valence-corrected chi connectivity index (χ4v) is 1.88. The van der Waals surface area contributed by atoms with E-state index in [0.29, 0.717) is 35.6 Å². The predicted octanol–water partition coefficient (Wildman–Crippen LogP) is 2.29. The first-order chi connectivity index (χ1) is 11.1. The van der Waals surface area contributed by atoms with Gasteiger partial charge in [0.15, 0.2) is 11.5 Å². The van der Waals surface area contributed by atoms with E-state index in [0.717, 1.165) is 0 Å². The first-order valence-corrected chi connectivity index (χ1v) is 7.17. The summed E-state index contributed by atoms with van der Waals surface area (Å²) >= 11 is 0. The van der Waals surface area contributed by atoms with Crippen LogP contribution in [0.1, 0.15) is 24.2 Å². The largest absolute Gasteiger partial charge is 0.493 e. The molecule has 1 aromatic heterocycles. The Morgan fingerprint density at radius 3 is 2.39 bits per heavy atom. The lowest BCUT2D eigenvalue weighted by Gasteiger charge is -2.12. The van der Waals surface area contributed by atoms with Gasteiger partial charge in [-0.05, 0) is 12.1 Å². The molecule has 0 aliphatic heterocycles. The number of methoxy groups -OCH3 is 2. The molecule has 0 aliphatic carbocycles. The smallest absolute Gasteiger partial charge is 0.341 e. The SMILES string of the molecule is CC.COCCOc1cc2[nH]c(=O)c(C(=O)O)cc2cc1OC. The van der Waals surface area contributed by atoms with Crippen LogP contribution in [0.25, 0.3) is 10.9 Å². The van der Waals surface area contributed by atoms with E-state index >= 15 is 0 Å². The van der Waals surface area contributed by atoms with Gasteiger partial charge in [-0.25, -0.2) is 4.79 Å². The molecule has 2 N–H and O–H groups in total. The molecule has 0 saturated carbocycles. The average molecular weight is 323 g/mol. The molecule has 0 saturated heterocycles. The number of pyridine rings is 1. The summed E-state index contributed by atoms with van der Waals surface area (Å²) in [7, 11) is 3.04. The number of nitrogens with one attached hydrogen (secondary N) is 1. The van der Waals surface area contributed by atoms with Crippen LogP contribution in [-0.4, -0.2) is 43.5 Å². The van der Waals surface area contributed by atoms with Gasteiger partial charge in [0, 0.05) is 18.6 Å². The molecule has 2 aromatic rings. The Bertz CT molecular complexity index is 722. The Morgan fingerprint density at radius 2 is 1.83 bits per heavy atom. The Labute approximate surface area is 133 Å². The van der Waals surface area contributed by atoms with Crippen LogP contribution >= 0.6 is 0 Å². The number of rotatable bonds is 6. The van der Waals surface area contributed by atoms with E-state index in [2.05, 4.69) is 4.98 Å². The number of ether oxygens (including phenoxy) is 3. The zero-order valence-electron chi connectivity index (χ0n) is 13.6. The maximum Gasteiger partial charge on any atom is 0.341 e. The summed E-state index contributed by atoms with van der Waals surface area (Å²) in [6.45, 7) is 4.74. The third kappa shape index (κ3) is 4.46. The van der Waals surface area contributed by atoms with Crippen LogP contribution < -0.4 is 15.0 Å². The molecule has 0 bridgehead atoms. The summed E-state index contributed by atoms with van der Waals surface area (Å²) in [6, 6.07) is 4.51. The van der Waals surface area contributed by atoms with E-state index in [1.807, 2.05) is 13.8 Å². The molecular weight excluding hydrogens is 302 g/mol. The van der Waals surface area contributed by atoms with E-state index in [4.69, 9.17) is 19.3 Å². The first-order valence-electron chi connectivity index (χ1n) is 7.17. The number of H-pyrrole nitrogens is 1. The van der Waals surface area contributed by atoms with Crippen molar-refractivity contribution in [3.05, 3.63) is 34.1 Å². The molecule has 0 radical (unpaired) electrons. The minimum atomic E-state index is -1.28. The van der Waals surface area contributed by atoms with Gasteiger partial charge in [0.1, 0.15) is 12.2 Å². The minimum Gasteiger partial charge on any atom is -0.493 e. The molecule has 0 unspecified atom stereocenters. The predicted molar refractivity (Wildman–Crippen MR) is 86.8 cm³/mol. The van der Waals surface area contributed by atoms with Crippen molar-refractivity contribution in [1.82, 2.24) is 4.98 Å². The molecule has 7 heteroatoms. The second-order valence-corrected chi connectivity index (χ2v) is 4.25. The van der Waals surface area contributed by atoms with Gasteiger partial charge in [0.2, 0.25) is 0 Å². The van der Waals surface area contributed by atoms with Crippen LogP contribution in [-0.2, 0) is 4.74 Å². The third-order valence-corrected chi connectivity index (χ3v) is 2.90. The van der Waals surface area contributed by atoms with Crippen molar-refractivity contribution in [1.29, 1.82) is 0 Å². The van der Waals surface area contributed by atoms with Crippen LogP contribution in [0.3, 0.4) is 0 Å². The lowest BCUT2D eigenvalue weighted by Crippen LogP contribution is -2.17. The molecule has 2 rings (SSSR count). The quantitative estimate of drug-likeness (QED) is 0.792. The second kappa shape index (κ2) is 8.79. The zero-order chi connectivity index (χ0) is 17.4. The van der Waals surface area contributed by atoms with Gasteiger partial charge >= 0.3 is 5.97 Å².